The third-order valence-electron chi connectivity index (χ3n) is 4.90. The maximum atomic E-state index is 6.23. The molecule has 1 fully saturated rings. The van der Waals surface area contributed by atoms with Crippen molar-refractivity contribution in [3.05, 3.63) is 70.1 Å². The maximum Gasteiger partial charge on any atom is 0.0654 e. The lowest BCUT2D eigenvalue weighted by Crippen LogP contribution is -2.45. The third kappa shape index (κ3) is 6.15. The number of benzene rings is 1. The monoisotopic (exact) mass is 405 g/mol. The van der Waals surface area contributed by atoms with Crippen molar-refractivity contribution < 1.29 is 0 Å². The molecule has 0 amide bonds. The van der Waals surface area contributed by atoms with E-state index in [-0.39, 0.29) is 0 Å². The summed E-state index contributed by atoms with van der Waals surface area (Å²) in [5.74, 6) is 0. The Morgan fingerprint density at radius 2 is 1.81 bits per heavy atom. The highest BCUT2D eigenvalue weighted by Crippen LogP contribution is 2.29. The lowest BCUT2D eigenvalue weighted by Gasteiger charge is -2.38. The SMILES string of the molecule is C=C(CC)N1CCN(c2ccc(Cl)cc2Cl)CC1.CCc1ccncc1C. The molecule has 0 spiro atoms. The molecule has 0 saturated carbocycles. The molecule has 146 valence electrons. The van der Waals surface area contributed by atoms with Crippen LogP contribution in [0.25, 0.3) is 0 Å². The standard InChI is InChI=1S/C14H18Cl2N2.C8H11N/c1-3-11(2)17-6-8-18(9-7-17)14-5-4-12(15)10-13(14)16;1-3-8-4-5-9-6-7(8)2/h4-5,10H,2-3,6-9H2,1H3;4-6H,3H2,1-2H3. The zero-order chi connectivity index (χ0) is 19.8. The Hall–Kier alpha value is -1.71. The summed E-state index contributed by atoms with van der Waals surface area (Å²) in [7, 11) is 0. The van der Waals surface area contributed by atoms with Crippen LogP contribution in [0.5, 0.6) is 0 Å². The van der Waals surface area contributed by atoms with Crippen molar-refractivity contribution in [1.29, 1.82) is 0 Å². The maximum absolute atomic E-state index is 6.23. The van der Waals surface area contributed by atoms with Crippen molar-refractivity contribution in [2.45, 2.75) is 33.6 Å². The highest BCUT2D eigenvalue weighted by Gasteiger charge is 2.19. The van der Waals surface area contributed by atoms with Crippen LogP contribution >= 0.6 is 23.2 Å². The minimum atomic E-state index is 0.682. The van der Waals surface area contributed by atoms with E-state index >= 15 is 0 Å². The van der Waals surface area contributed by atoms with E-state index in [4.69, 9.17) is 23.2 Å². The van der Waals surface area contributed by atoms with E-state index in [1.165, 1.54) is 16.8 Å². The van der Waals surface area contributed by atoms with Crippen molar-refractivity contribution in [2.24, 2.45) is 0 Å². The van der Waals surface area contributed by atoms with E-state index in [1.807, 2.05) is 24.5 Å². The van der Waals surface area contributed by atoms with Gasteiger partial charge in [0.25, 0.3) is 0 Å². The first-order valence-corrected chi connectivity index (χ1v) is 10.2. The van der Waals surface area contributed by atoms with Crippen molar-refractivity contribution in [2.75, 3.05) is 31.1 Å². The molecule has 0 aliphatic carbocycles. The fourth-order valence-corrected chi connectivity index (χ4v) is 3.65. The van der Waals surface area contributed by atoms with Gasteiger partial charge < -0.3 is 9.80 Å². The van der Waals surface area contributed by atoms with Crippen LogP contribution in [-0.2, 0) is 6.42 Å². The smallest absolute Gasteiger partial charge is 0.0654 e. The first-order chi connectivity index (χ1) is 13.0. The van der Waals surface area contributed by atoms with E-state index in [9.17, 15) is 0 Å². The molecule has 3 nitrogen and oxygen atoms in total. The van der Waals surface area contributed by atoms with Crippen LogP contribution < -0.4 is 4.90 Å². The molecule has 1 aromatic heterocycles. The number of aryl methyl sites for hydroxylation is 2. The van der Waals surface area contributed by atoms with E-state index in [2.05, 4.69) is 48.2 Å². The summed E-state index contributed by atoms with van der Waals surface area (Å²) in [6.07, 6.45) is 5.86. The minimum Gasteiger partial charge on any atom is -0.372 e. The van der Waals surface area contributed by atoms with Gasteiger partial charge in [0, 0.05) is 49.3 Å². The second kappa shape index (κ2) is 10.6. The van der Waals surface area contributed by atoms with Gasteiger partial charge in [0.2, 0.25) is 0 Å². The number of allylic oxidation sites excluding steroid dienone is 1. The summed E-state index contributed by atoms with van der Waals surface area (Å²) in [6.45, 7) is 14.4. The predicted molar refractivity (Wildman–Crippen MR) is 118 cm³/mol. The Labute approximate surface area is 173 Å². The highest BCUT2D eigenvalue weighted by molar-refractivity contribution is 6.36. The van der Waals surface area contributed by atoms with Gasteiger partial charge in [-0.3, -0.25) is 4.98 Å². The zero-order valence-corrected chi connectivity index (χ0v) is 18.0. The molecule has 3 rings (SSSR count). The van der Waals surface area contributed by atoms with Crippen molar-refractivity contribution in [3.63, 3.8) is 0 Å². The molecule has 0 N–H and O–H groups in total. The van der Waals surface area contributed by atoms with Crippen molar-refractivity contribution >= 4 is 28.9 Å². The number of anilines is 1. The molecule has 0 atom stereocenters. The Bertz CT molecular complexity index is 753. The Morgan fingerprint density at radius 3 is 2.33 bits per heavy atom. The lowest BCUT2D eigenvalue weighted by atomic mass is 10.1. The van der Waals surface area contributed by atoms with Gasteiger partial charge in [-0.25, -0.2) is 0 Å². The highest BCUT2D eigenvalue weighted by atomic mass is 35.5. The average molecular weight is 406 g/mol. The number of hydrogen-bond donors (Lipinski definition) is 0. The Balaban J connectivity index is 0.000000244. The largest absolute Gasteiger partial charge is 0.372 e. The number of pyridine rings is 1. The van der Waals surface area contributed by atoms with E-state index in [0.29, 0.717) is 5.02 Å². The molecule has 0 unspecified atom stereocenters. The minimum absolute atomic E-state index is 0.682. The van der Waals surface area contributed by atoms with Crippen LogP contribution in [0.15, 0.2) is 48.9 Å². The summed E-state index contributed by atoms with van der Waals surface area (Å²) >= 11 is 12.1. The van der Waals surface area contributed by atoms with Crippen LogP contribution in [0.4, 0.5) is 5.69 Å². The van der Waals surface area contributed by atoms with E-state index in [1.54, 1.807) is 6.07 Å². The first kappa shape index (κ1) is 21.6. The zero-order valence-electron chi connectivity index (χ0n) is 16.5. The topological polar surface area (TPSA) is 19.4 Å². The average Bonchev–Trinajstić information content (AvgIpc) is 2.68. The van der Waals surface area contributed by atoms with E-state index < -0.39 is 0 Å². The normalized spacial score (nSPS) is 13.8. The summed E-state index contributed by atoms with van der Waals surface area (Å²) in [5, 5.41) is 1.41. The molecule has 2 heterocycles. The summed E-state index contributed by atoms with van der Waals surface area (Å²) < 4.78 is 0. The van der Waals surface area contributed by atoms with Gasteiger partial charge in [-0.05, 0) is 55.2 Å². The van der Waals surface area contributed by atoms with Gasteiger partial charge in [-0.2, -0.15) is 0 Å². The van der Waals surface area contributed by atoms with Crippen LogP contribution in [0.3, 0.4) is 0 Å². The molecular weight excluding hydrogens is 377 g/mol. The first-order valence-electron chi connectivity index (χ1n) is 9.48. The molecular formula is C22H29Cl2N3. The number of nitrogens with zero attached hydrogens (tertiary/aromatic N) is 3. The Morgan fingerprint density at radius 1 is 1.11 bits per heavy atom. The number of hydrogen-bond acceptors (Lipinski definition) is 3. The van der Waals surface area contributed by atoms with E-state index in [0.717, 1.165) is 49.7 Å². The van der Waals surface area contributed by atoms with Gasteiger partial charge >= 0.3 is 0 Å². The summed E-state index contributed by atoms with van der Waals surface area (Å²) in [5.41, 5.74) is 4.98. The van der Waals surface area contributed by atoms with Crippen LogP contribution in [0.1, 0.15) is 31.4 Å². The van der Waals surface area contributed by atoms with Crippen LogP contribution in [0, 0.1) is 6.92 Å². The van der Waals surface area contributed by atoms with Gasteiger partial charge in [0.1, 0.15) is 0 Å². The second-order valence-electron chi connectivity index (χ2n) is 6.65. The molecule has 1 aliphatic heterocycles. The van der Waals surface area contributed by atoms with Gasteiger partial charge in [-0.1, -0.05) is 43.6 Å². The van der Waals surface area contributed by atoms with Gasteiger partial charge in [0.15, 0.2) is 0 Å². The molecule has 0 radical (unpaired) electrons. The molecule has 2 aromatic rings. The third-order valence-corrected chi connectivity index (χ3v) is 5.44. The fraction of sp³-hybridized carbons (Fsp3) is 0.409. The number of piperazine rings is 1. The molecule has 0 bridgehead atoms. The Kier molecular flexibility index (Phi) is 8.46. The number of aromatic nitrogens is 1. The molecule has 1 aliphatic rings. The number of halogens is 2. The lowest BCUT2D eigenvalue weighted by molar-refractivity contribution is 0.315. The van der Waals surface area contributed by atoms with Gasteiger partial charge in [0.05, 0.1) is 10.7 Å². The molecule has 1 saturated heterocycles. The second-order valence-corrected chi connectivity index (χ2v) is 7.49. The summed E-state index contributed by atoms with van der Waals surface area (Å²) in [6, 6.07) is 7.75. The summed E-state index contributed by atoms with van der Waals surface area (Å²) in [4.78, 5) is 8.64. The van der Waals surface area contributed by atoms with Crippen LogP contribution in [-0.4, -0.2) is 36.1 Å². The number of rotatable bonds is 4. The van der Waals surface area contributed by atoms with Crippen molar-refractivity contribution in [3.8, 4) is 0 Å². The van der Waals surface area contributed by atoms with Crippen molar-refractivity contribution in [1.82, 2.24) is 9.88 Å². The fourth-order valence-electron chi connectivity index (χ4n) is 3.12. The van der Waals surface area contributed by atoms with Gasteiger partial charge in [-0.15, -0.1) is 0 Å². The molecule has 5 heteroatoms. The molecule has 27 heavy (non-hydrogen) atoms. The quantitative estimate of drug-likeness (QED) is 0.622. The van der Waals surface area contributed by atoms with Crippen LogP contribution in [0.2, 0.25) is 10.0 Å². The predicted octanol–water partition coefficient (Wildman–Crippen LogP) is 5.99. The molecule has 1 aromatic carbocycles.